The van der Waals surface area contributed by atoms with Crippen LogP contribution < -0.4 is 15.0 Å². The summed E-state index contributed by atoms with van der Waals surface area (Å²) < 4.78 is 12.2. The van der Waals surface area contributed by atoms with Crippen LogP contribution in [0.3, 0.4) is 0 Å². The normalized spacial score (nSPS) is 10.8. The summed E-state index contributed by atoms with van der Waals surface area (Å²) in [5, 5.41) is 1.48. The zero-order chi connectivity index (χ0) is 19.7. The van der Waals surface area contributed by atoms with Crippen molar-refractivity contribution >= 4 is 10.8 Å². The van der Waals surface area contributed by atoms with E-state index in [4.69, 9.17) is 9.47 Å². The van der Waals surface area contributed by atoms with Crippen molar-refractivity contribution in [1.82, 2.24) is 9.55 Å². The monoisotopic (exact) mass is 372 g/mol. The molecule has 2 heterocycles. The van der Waals surface area contributed by atoms with Gasteiger partial charge in [0.05, 0.1) is 36.7 Å². The second kappa shape index (κ2) is 7.19. The van der Waals surface area contributed by atoms with Crippen molar-refractivity contribution in [2.45, 2.75) is 6.92 Å². The summed E-state index contributed by atoms with van der Waals surface area (Å²) in [6.45, 7) is 1.87. The highest BCUT2D eigenvalue weighted by molar-refractivity contribution is 5.87. The Labute approximate surface area is 162 Å². The number of ether oxygens (including phenoxy) is 2. The lowest BCUT2D eigenvalue weighted by Crippen LogP contribution is -2.19. The van der Waals surface area contributed by atoms with Gasteiger partial charge in [0.1, 0.15) is 0 Å². The molecule has 2 aromatic carbocycles. The summed E-state index contributed by atoms with van der Waals surface area (Å²) in [4.78, 5) is 17.9. The Hall–Kier alpha value is -3.60. The maximum Gasteiger partial charge on any atom is 0.264 e. The predicted molar refractivity (Wildman–Crippen MR) is 111 cm³/mol. The molecule has 0 fully saturated rings. The van der Waals surface area contributed by atoms with E-state index in [9.17, 15) is 4.79 Å². The van der Waals surface area contributed by atoms with Gasteiger partial charge in [0, 0.05) is 17.8 Å². The minimum Gasteiger partial charge on any atom is -0.493 e. The molecule has 0 aliphatic carbocycles. The van der Waals surface area contributed by atoms with Crippen LogP contribution in [0.2, 0.25) is 0 Å². The van der Waals surface area contributed by atoms with E-state index in [-0.39, 0.29) is 5.56 Å². The van der Waals surface area contributed by atoms with E-state index in [1.807, 2.05) is 55.5 Å². The van der Waals surface area contributed by atoms with Gasteiger partial charge in [-0.1, -0.05) is 30.3 Å². The highest BCUT2D eigenvalue weighted by Crippen LogP contribution is 2.29. The van der Waals surface area contributed by atoms with Crippen LogP contribution in [-0.4, -0.2) is 23.8 Å². The molecule has 5 nitrogen and oxygen atoms in total. The Morgan fingerprint density at radius 3 is 2.36 bits per heavy atom. The zero-order valence-corrected chi connectivity index (χ0v) is 16.0. The molecule has 0 aliphatic rings. The molecular weight excluding hydrogens is 352 g/mol. The molecule has 0 unspecified atom stereocenters. The summed E-state index contributed by atoms with van der Waals surface area (Å²) >= 11 is 0. The van der Waals surface area contributed by atoms with Crippen molar-refractivity contribution in [3.8, 4) is 28.4 Å². The molecule has 0 amide bonds. The summed E-state index contributed by atoms with van der Waals surface area (Å²) in [6.07, 6.45) is 1.78. The van der Waals surface area contributed by atoms with Gasteiger partial charge in [-0.2, -0.15) is 0 Å². The van der Waals surface area contributed by atoms with E-state index in [1.54, 1.807) is 37.1 Å². The number of methoxy groups -OCH3 is 2. The molecule has 140 valence electrons. The maximum atomic E-state index is 13.2. The molecule has 0 atom stereocenters. The minimum absolute atomic E-state index is 0.116. The van der Waals surface area contributed by atoms with Gasteiger partial charge in [-0.15, -0.1) is 0 Å². The van der Waals surface area contributed by atoms with E-state index in [0.717, 1.165) is 16.6 Å². The van der Waals surface area contributed by atoms with Crippen molar-refractivity contribution in [1.29, 1.82) is 0 Å². The largest absolute Gasteiger partial charge is 0.493 e. The van der Waals surface area contributed by atoms with Crippen molar-refractivity contribution in [3.63, 3.8) is 0 Å². The van der Waals surface area contributed by atoms with Crippen molar-refractivity contribution in [2.24, 2.45) is 0 Å². The Bertz CT molecular complexity index is 1210. The maximum absolute atomic E-state index is 13.2. The van der Waals surface area contributed by atoms with Gasteiger partial charge in [0.2, 0.25) is 0 Å². The predicted octanol–water partition coefficient (Wildman–Crippen LogP) is 4.38. The van der Waals surface area contributed by atoms with Crippen molar-refractivity contribution < 1.29 is 9.47 Å². The molecule has 5 heteroatoms. The molecule has 2 aromatic heterocycles. The molecule has 0 saturated carbocycles. The third kappa shape index (κ3) is 3.01. The highest BCUT2D eigenvalue weighted by atomic mass is 16.5. The average Bonchev–Trinajstić information content (AvgIpc) is 2.73. The number of rotatable bonds is 4. The van der Waals surface area contributed by atoms with Crippen LogP contribution in [0, 0.1) is 6.92 Å². The summed E-state index contributed by atoms with van der Waals surface area (Å²) in [5.74, 6) is 1.19. The molecule has 4 aromatic rings. The first-order valence-corrected chi connectivity index (χ1v) is 8.93. The minimum atomic E-state index is -0.116. The number of nitrogens with zero attached hydrogens (tertiary/aromatic N) is 2. The van der Waals surface area contributed by atoms with Gasteiger partial charge >= 0.3 is 0 Å². The summed E-state index contributed by atoms with van der Waals surface area (Å²) in [5.41, 5.74) is 3.17. The molecule has 28 heavy (non-hydrogen) atoms. The lowest BCUT2D eigenvalue weighted by Gasteiger charge is -2.13. The second-order valence-electron chi connectivity index (χ2n) is 6.45. The van der Waals surface area contributed by atoms with Crippen molar-refractivity contribution in [2.75, 3.05) is 14.2 Å². The summed E-state index contributed by atoms with van der Waals surface area (Å²) in [6, 6.07) is 19.2. The molecule has 4 rings (SSSR count). The molecular formula is C23H20N2O3. The molecule has 0 N–H and O–H groups in total. The number of aryl methyl sites for hydroxylation is 1. The number of hydrogen-bond acceptors (Lipinski definition) is 4. The van der Waals surface area contributed by atoms with Gasteiger partial charge in [-0.25, -0.2) is 0 Å². The number of pyridine rings is 2. The Kier molecular flexibility index (Phi) is 4.57. The third-order valence-corrected chi connectivity index (χ3v) is 4.78. The van der Waals surface area contributed by atoms with Crippen LogP contribution in [0.25, 0.3) is 27.7 Å². The van der Waals surface area contributed by atoms with Gasteiger partial charge in [0.25, 0.3) is 5.56 Å². The Morgan fingerprint density at radius 1 is 0.893 bits per heavy atom. The lowest BCUT2D eigenvalue weighted by molar-refractivity contribution is 0.355. The second-order valence-corrected chi connectivity index (χ2v) is 6.45. The average molecular weight is 372 g/mol. The van der Waals surface area contributed by atoms with E-state index < -0.39 is 0 Å². The molecule has 0 spiro atoms. The third-order valence-electron chi connectivity index (χ3n) is 4.78. The molecule has 0 aliphatic heterocycles. The molecule has 0 bridgehead atoms. The SMILES string of the molecule is COc1ccc(-n2ccc3cc(-c4ccccc4)nc(C)c3c2=O)cc1OC. The quantitative estimate of drug-likeness (QED) is 0.533. The number of fused-ring (bicyclic) bond motifs is 1. The standard InChI is InChI=1S/C23H20N2O3/c1-15-22-17(13-19(24-15)16-7-5-4-6-8-16)11-12-25(23(22)26)18-9-10-20(27-2)21(14-18)28-3/h4-14H,1-3H3. The van der Waals surface area contributed by atoms with Crippen LogP contribution in [0.1, 0.15) is 5.69 Å². The number of hydrogen-bond donors (Lipinski definition) is 0. The highest BCUT2D eigenvalue weighted by Gasteiger charge is 2.12. The lowest BCUT2D eigenvalue weighted by atomic mass is 10.1. The van der Waals surface area contributed by atoms with Gasteiger partial charge in [0.15, 0.2) is 11.5 Å². The van der Waals surface area contributed by atoms with Gasteiger partial charge < -0.3 is 9.47 Å². The fourth-order valence-electron chi connectivity index (χ4n) is 3.38. The van der Waals surface area contributed by atoms with E-state index in [0.29, 0.717) is 28.3 Å². The summed E-state index contributed by atoms with van der Waals surface area (Å²) in [7, 11) is 3.16. The van der Waals surface area contributed by atoms with E-state index in [2.05, 4.69) is 4.98 Å². The smallest absolute Gasteiger partial charge is 0.264 e. The van der Waals surface area contributed by atoms with Crippen LogP contribution >= 0.6 is 0 Å². The van der Waals surface area contributed by atoms with Crippen LogP contribution in [0.4, 0.5) is 0 Å². The number of benzene rings is 2. The first kappa shape index (κ1) is 17.8. The van der Waals surface area contributed by atoms with Gasteiger partial charge in [-0.05, 0) is 36.6 Å². The zero-order valence-electron chi connectivity index (χ0n) is 16.0. The fraction of sp³-hybridized carbons (Fsp3) is 0.130. The molecule has 0 radical (unpaired) electrons. The first-order valence-electron chi connectivity index (χ1n) is 8.93. The fourth-order valence-corrected chi connectivity index (χ4v) is 3.38. The first-order chi connectivity index (χ1) is 13.6. The topological polar surface area (TPSA) is 53.4 Å². The van der Waals surface area contributed by atoms with E-state index in [1.165, 1.54) is 0 Å². The van der Waals surface area contributed by atoms with Crippen LogP contribution in [-0.2, 0) is 0 Å². The number of aromatic nitrogens is 2. The van der Waals surface area contributed by atoms with E-state index >= 15 is 0 Å². The van der Waals surface area contributed by atoms with Crippen LogP contribution in [0.5, 0.6) is 11.5 Å². The Balaban J connectivity index is 1.88. The van der Waals surface area contributed by atoms with Gasteiger partial charge in [-0.3, -0.25) is 14.3 Å². The molecule has 0 saturated heterocycles. The Morgan fingerprint density at radius 2 is 1.64 bits per heavy atom. The van der Waals surface area contributed by atoms with Crippen molar-refractivity contribution in [3.05, 3.63) is 82.9 Å². The van der Waals surface area contributed by atoms with Crippen LogP contribution in [0.15, 0.2) is 71.7 Å².